The minimum Gasteiger partial charge on any atom is -0.495 e. The van der Waals surface area contributed by atoms with Crippen molar-refractivity contribution in [1.29, 1.82) is 0 Å². The van der Waals surface area contributed by atoms with Crippen molar-refractivity contribution in [3.8, 4) is 5.75 Å². The minimum absolute atomic E-state index is 0.112. The molecule has 0 unspecified atom stereocenters. The van der Waals surface area contributed by atoms with Gasteiger partial charge >= 0.3 is 0 Å². The molecule has 0 N–H and O–H groups in total. The largest absolute Gasteiger partial charge is 0.495 e. The van der Waals surface area contributed by atoms with Gasteiger partial charge in [0, 0.05) is 11.6 Å². The maximum atomic E-state index is 12.6. The quantitative estimate of drug-likeness (QED) is 0.670. The molecule has 3 rings (SSSR count). The van der Waals surface area contributed by atoms with Crippen LogP contribution in [0.4, 0.5) is 0 Å². The van der Waals surface area contributed by atoms with Crippen LogP contribution in [-0.4, -0.2) is 20.1 Å². The Balaban J connectivity index is 2.30. The number of hydrogen-bond acceptors (Lipinski definition) is 4. The van der Waals surface area contributed by atoms with Gasteiger partial charge in [0.2, 0.25) is 4.80 Å². The summed E-state index contributed by atoms with van der Waals surface area (Å²) in [6.45, 7) is 4.51. The highest BCUT2D eigenvalue weighted by atomic mass is 35.5. The number of halogens is 1. The molecule has 0 aliphatic rings. The Morgan fingerprint density at radius 1 is 1.20 bits per heavy atom. The van der Waals surface area contributed by atoms with E-state index >= 15 is 0 Å². The SMILES string of the molecule is CCn1c(=NS(=O)(=O)c2ccc(Cl)cc2)sc2c(C)ccc(OC)c21. The second-order valence-corrected chi connectivity index (χ2v) is 8.43. The summed E-state index contributed by atoms with van der Waals surface area (Å²) >= 11 is 7.17. The third kappa shape index (κ3) is 3.31. The third-order valence-corrected chi connectivity index (χ3v) is 6.69. The molecule has 0 bridgehead atoms. The lowest BCUT2D eigenvalue weighted by molar-refractivity contribution is 0.417. The number of rotatable bonds is 4. The van der Waals surface area contributed by atoms with Crippen LogP contribution in [0.2, 0.25) is 5.02 Å². The lowest BCUT2D eigenvalue weighted by Gasteiger charge is -2.07. The van der Waals surface area contributed by atoms with Gasteiger partial charge in [-0.05, 0) is 49.7 Å². The van der Waals surface area contributed by atoms with Crippen molar-refractivity contribution in [1.82, 2.24) is 4.57 Å². The number of nitrogens with zero attached hydrogens (tertiary/aromatic N) is 2. The van der Waals surface area contributed by atoms with E-state index in [0.717, 1.165) is 15.8 Å². The van der Waals surface area contributed by atoms with Crippen molar-refractivity contribution in [2.24, 2.45) is 4.40 Å². The van der Waals surface area contributed by atoms with Gasteiger partial charge < -0.3 is 9.30 Å². The highest BCUT2D eigenvalue weighted by Gasteiger charge is 2.17. The van der Waals surface area contributed by atoms with E-state index < -0.39 is 10.0 Å². The molecule has 8 heteroatoms. The Morgan fingerprint density at radius 2 is 1.88 bits per heavy atom. The first-order chi connectivity index (χ1) is 11.9. The van der Waals surface area contributed by atoms with Crippen LogP contribution in [0.5, 0.6) is 5.75 Å². The maximum absolute atomic E-state index is 12.6. The summed E-state index contributed by atoms with van der Waals surface area (Å²) in [5.74, 6) is 0.698. The molecule has 0 fully saturated rings. The maximum Gasteiger partial charge on any atom is 0.285 e. The summed E-state index contributed by atoms with van der Waals surface area (Å²) in [5, 5.41) is 0.477. The molecule has 0 aliphatic heterocycles. The smallest absolute Gasteiger partial charge is 0.285 e. The summed E-state index contributed by atoms with van der Waals surface area (Å²) in [5.41, 5.74) is 1.91. The Kier molecular flexibility index (Phi) is 4.90. The lowest BCUT2D eigenvalue weighted by Crippen LogP contribution is -2.16. The molecule has 0 spiro atoms. The van der Waals surface area contributed by atoms with Gasteiger partial charge in [-0.3, -0.25) is 0 Å². The molecule has 0 radical (unpaired) electrons. The first-order valence-electron chi connectivity index (χ1n) is 7.61. The standard InChI is InChI=1S/C17H17ClN2O3S2/c1-4-20-15-14(23-3)10-5-11(2)16(15)24-17(20)19-25(21,22)13-8-6-12(18)7-9-13/h5-10H,4H2,1-3H3. The normalized spacial score (nSPS) is 12.7. The van der Waals surface area contributed by atoms with E-state index in [9.17, 15) is 8.42 Å². The van der Waals surface area contributed by atoms with Gasteiger partial charge in [-0.2, -0.15) is 8.42 Å². The van der Waals surface area contributed by atoms with Crippen LogP contribution in [0.3, 0.4) is 0 Å². The van der Waals surface area contributed by atoms with Crippen LogP contribution in [0.25, 0.3) is 10.2 Å². The molecular formula is C17H17ClN2O3S2. The molecule has 0 atom stereocenters. The fourth-order valence-corrected chi connectivity index (χ4v) is 5.08. The van der Waals surface area contributed by atoms with E-state index in [-0.39, 0.29) is 4.90 Å². The number of aryl methyl sites for hydroxylation is 2. The molecule has 0 saturated carbocycles. The first-order valence-corrected chi connectivity index (χ1v) is 10.2. The molecule has 0 saturated heterocycles. The zero-order valence-corrected chi connectivity index (χ0v) is 16.4. The average molecular weight is 397 g/mol. The Bertz CT molecular complexity index is 1100. The van der Waals surface area contributed by atoms with Gasteiger partial charge in [-0.15, -0.1) is 4.40 Å². The van der Waals surface area contributed by atoms with E-state index in [4.69, 9.17) is 16.3 Å². The lowest BCUT2D eigenvalue weighted by atomic mass is 10.2. The molecule has 1 heterocycles. The number of thiazole rings is 1. The first kappa shape index (κ1) is 18.0. The van der Waals surface area contributed by atoms with Crippen molar-refractivity contribution in [3.05, 3.63) is 51.8 Å². The predicted octanol–water partition coefficient (Wildman–Crippen LogP) is 3.98. The summed E-state index contributed by atoms with van der Waals surface area (Å²) in [4.78, 5) is 0.528. The van der Waals surface area contributed by atoms with Gasteiger partial charge in [-0.25, -0.2) is 0 Å². The van der Waals surface area contributed by atoms with Crippen molar-refractivity contribution in [2.45, 2.75) is 25.3 Å². The zero-order valence-electron chi connectivity index (χ0n) is 14.0. The second-order valence-electron chi connectivity index (χ2n) is 5.41. The summed E-state index contributed by atoms with van der Waals surface area (Å²) in [7, 11) is -2.23. The summed E-state index contributed by atoms with van der Waals surface area (Å²) < 4.78 is 37.6. The fourth-order valence-electron chi connectivity index (χ4n) is 2.57. The number of benzene rings is 2. The van der Waals surface area contributed by atoms with Crippen molar-refractivity contribution in [3.63, 3.8) is 0 Å². The van der Waals surface area contributed by atoms with E-state index in [1.807, 2.05) is 30.5 Å². The average Bonchev–Trinajstić information content (AvgIpc) is 2.94. The van der Waals surface area contributed by atoms with Crippen molar-refractivity contribution in [2.75, 3.05) is 7.11 Å². The Labute approximate surface area is 155 Å². The fraction of sp³-hybridized carbons (Fsp3) is 0.235. The zero-order chi connectivity index (χ0) is 18.2. The van der Waals surface area contributed by atoms with E-state index in [2.05, 4.69) is 4.40 Å². The van der Waals surface area contributed by atoms with Crippen LogP contribution in [-0.2, 0) is 16.6 Å². The van der Waals surface area contributed by atoms with Crippen LogP contribution < -0.4 is 9.54 Å². The number of ether oxygens (including phenoxy) is 1. The number of sulfonamides is 1. The van der Waals surface area contributed by atoms with E-state index in [1.165, 1.54) is 35.6 Å². The van der Waals surface area contributed by atoms with Crippen LogP contribution in [0.1, 0.15) is 12.5 Å². The van der Waals surface area contributed by atoms with Gasteiger partial charge in [0.1, 0.15) is 11.3 Å². The van der Waals surface area contributed by atoms with Gasteiger partial charge in [0.05, 0.1) is 16.7 Å². The third-order valence-electron chi connectivity index (χ3n) is 3.83. The number of hydrogen-bond donors (Lipinski definition) is 0. The molecule has 3 aromatic rings. The molecule has 132 valence electrons. The van der Waals surface area contributed by atoms with Crippen LogP contribution in [0.15, 0.2) is 45.7 Å². The highest BCUT2D eigenvalue weighted by Crippen LogP contribution is 2.30. The Morgan fingerprint density at radius 3 is 2.48 bits per heavy atom. The topological polar surface area (TPSA) is 60.7 Å². The molecule has 1 aromatic heterocycles. The molecule has 5 nitrogen and oxygen atoms in total. The summed E-state index contributed by atoms with van der Waals surface area (Å²) in [6.07, 6.45) is 0. The van der Waals surface area contributed by atoms with Gasteiger partial charge in [0.25, 0.3) is 10.0 Å². The van der Waals surface area contributed by atoms with Gasteiger partial charge in [-0.1, -0.05) is 29.0 Å². The van der Waals surface area contributed by atoms with E-state index in [0.29, 0.717) is 22.1 Å². The molecule has 0 aliphatic carbocycles. The molecule has 0 amide bonds. The number of methoxy groups -OCH3 is 1. The van der Waals surface area contributed by atoms with Crippen molar-refractivity contribution < 1.29 is 13.2 Å². The second kappa shape index (κ2) is 6.82. The predicted molar refractivity (Wildman–Crippen MR) is 101 cm³/mol. The van der Waals surface area contributed by atoms with Crippen LogP contribution in [0, 0.1) is 6.92 Å². The summed E-state index contributed by atoms with van der Waals surface area (Å²) in [6, 6.07) is 9.82. The number of fused-ring (bicyclic) bond motifs is 1. The minimum atomic E-state index is -3.83. The van der Waals surface area contributed by atoms with Crippen LogP contribution >= 0.6 is 22.9 Å². The number of aromatic nitrogens is 1. The molecule has 2 aromatic carbocycles. The highest BCUT2D eigenvalue weighted by molar-refractivity contribution is 7.90. The molecule has 25 heavy (non-hydrogen) atoms. The molecular weight excluding hydrogens is 380 g/mol. The van der Waals surface area contributed by atoms with E-state index in [1.54, 1.807) is 7.11 Å². The monoisotopic (exact) mass is 396 g/mol. The van der Waals surface area contributed by atoms with Crippen molar-refractivity contribution >= 4 is 43.2 Å². The Hall–Kier alpha value is -1.83. The van der Waals surface area contributed by atoms with Gasteiger partial charge in [0.15, 0.2) is 0 Å².